The summed E-state index contributed by atoms with van der Waals surface area (Å²) in [5.74, 6) is 0. The van der Waals surface area contributed by atoms with E-state index in [1.165, 1.54) is 10.9 Å². The van der Waals surface area contributed by atoms with Crippen LogP contribution >= 0.6 is 11.6 Å². The summed E-state index contributed by atoms with van der Waals surface area (Å²) in [6, 6.07) is 16.2. The fourth-order valence-corrected chi connectivity index (χ4v) is 3.58. The molecule has 0 saturated heterocycles. The van der Waals surface area contributed by atoms with Crippen molar-refractivity contribution in [1.29, 1.82) is 5.26 Å². The van der Waals surface area contributed by atoms with Crippen molar-refractivity contribution in [2.24, 2.45) is 0 Å². The van der Waals surface area contributed by atoms with Gasteiger partial charge >= 0.3 is 5.69 Å². The summed E-state index contributed by atoms with van der Waals surface area (Å²) in [5.41, 5.74) is 1.48. The summed E-state index contributed by atoms with van der Waals surface area (Å²) >= 11 is 6.32. The van der Waals surface area contributed by atoms with Crippen molar-refractivity contribution in [3.05, 3.63) is 91.8 Å². The number of hydrogen-bond donors (Lipinski definition) is 0. The number of benzene rings is 2. The molecule has 2 aromatic heterocycles. The fourth-order valence-electron chi connectivity index (χ4n) is 3.36. The molecule has 0 amide bonds. The first kappa shape index (κ1) is 18.7. The summed E-state index contributed by atoms with van der Waals surface area (Å²) in [7, 11) is 0. The highest BCUT2D eigenvalue weighted by Crippen LogP contribution is 2.21. The minimum Gasteiger partial charge on any atom is -0.320 e. The second-order valence-electron chi connectivity index (χ2n) is 6.48. The fraction of sp³-hybridized carbons (Fsp3) is 0.143. The second-order valence-corrected chi connectivity index (χ2v) is 6.88. The van der Waals surface area contributed by atoms with E-state index in [4.69, 9.17) is 16.9 Å². The lowest BCUT2D eigenvalue weighted by atomic mass is 10.1. The maximum absolute atomic E-state index is 13.0. The van der Waals surface area contributed by atoms with E-state index in [0.29, 0.717) is 28.3 Å². The van der Waals surface area contributed by atoms with Crippen molar-refractivity contribution < 1.29 is 0 Å². The third-order valence-electron chi connectivity index (χ3n) is 4.72. The largest absolute Gasteiger partial charge is 0.337 e. The standard InChI is InChI=1S/C21H16ClN5O2/c1-2-26-20(28)18-19(27(21(26)29)17-9-4-3-8-16(17)22)24-13-25(18)12-15-7-5-6-14(10-15)11-23/h3-10,13H,2,12H2,1H3. The summed E-state index contributed by atoms with van der Waals surface area (Å²) in [5, 5.41) is 9.50. The number of nitriles is 1. The Balaban J connectivity index is 2.00. The van der Waals surface area contributed by atoms with E-state index in [0.717, 1.165) is 10.1 Å². The zero-order valence-corrected chi connectivity index (χ0v) is 16.3. The van der Waals surface area contributed by atoms with Gasteiger partial charge in [-0.2, -0.15) is 5.26 Å². The summed E-state index contributed by atoms with van der Waals surface area (Å²) < 4.78 is 4.22. The zero-order valence-electron chi connectivity index (χ0n) is 15.5. The van der Waals surface area contributed by atoms with E-state index in [-0.39, 0.29) is 12.2 Å². The number of hydrogen-bond acceptors (Lipinski definition) is 4. The molecular weight excluding hydrogens is 390 g/mol. The van der Waals surface area contributed by atoms with Crippen molar-refractivity contribution in [3.8, 4) is 11.8 Å². The van der Waals surface area contributed by atoms with Crippen LogP contribution in [0.2, 0.25) is 5.02 Å². The van der Waals surface area contributed by atoms with Crippen LogP contribution in [0.25, 0.3) is 16.9 Å². The molecule has 0 aliphatic rings. The number of para-hydroxylation sites is 1. The average Bonchev–Trinajstić information content (AvgIpc) is 3.13. The van der Waals surface area contributed by atoms with Gasteiger partial charge in [-0.3, -0.25) is 9.36 Å². The molecule has 2 aromatic carbocycles. The molecule has 4 rings (SSSR count). The molecule has 0 bridgehead atoms. The van der Waals surface area contributed by atoms with Crippen molar-refractivity contribution in [1.82, 2.24) is 18.7 Å². The summed E-state index contributed by atoms with van der Waals surface area (Å²) in [6.07, 6.45) is 1.53. The third-order valence-corrected chi connectivity index (χ3v) is 5.04. The van der Waals surface area contributed by atoms with Crippen LogP contribution in [0.15, 0.2) is 64.4 Å². The lowest BCUT2D eigenvalue weighted by Gasteiger charge is -2.12. The van der Waals surface area contributed by atoms with Crippen LogP contribution in [0.1, 0.15) is 18.1 Å². The lowest BCUT2D eigenvalue weighted by molar-refractivity contribution is 0.655. The van der Waals surface area contributed by atoms with E-state index in [9.17, 15) is 9.59 Å². The highest BCUT2D eigenvalue weighted by molar-refractivity contribution is 6.32. The van der Waals surface area contributed by atoms with Crippen molar-refractivity contribution in [2.45, 2.75) is 20.0 Å². The molecular formula is C21H16ClN5O2. The lowest BCUT2D eigenvalue weighted by Crippen LogP contribution is -2.39. The number of halogens is 1. The first-order chi connectivity index (χ1) is 14.0. The van der Waals surface area contributed by atoms with Crippen LogP contribution in [0.3, 0.4) is 0 Å². The van der Waals surface area contributed by atoms with E-state index in [2.05, 4.69) is 11.1 Å². The van der Waals surface area contributed by atoms with Gasteiger partial charge in [-0.05, 0) is 36.8 Å². The number of nitrogens with zero attached hydrogens (tertiary/aromatic N) is 5. The number of aromatic nitrogens is 4. The molecule has 0 N–H and O–H groups in total. The Kier molecular flexibility index (Phi) is 4.79. The Morgan fingerprint density at radius 3 is 2.66 bits per heavy atom. The number of imidazole rings is 1. The van der Waals surface area contributed by atoms with Crippen LogP contribution in [-0.4, -0.2) is 18.7 Å². The Morgan fingerprint density at radius 1 is 1.14 bits per heavy atom. The first-order valence-electron chi connectivity index (χ1n) is 8.99. The molecule has 0 unspecified atom stereocenters. The van der Waals surface area contributed by atoms with E-state index in [1.54, 1.807) is 54.0 Å². The van der Waals surface area contributed by atoms with Crippen LogP contribution in [-0.2, 0) is 13.1 Å². The number of fused-ring (bicyclic) bond motifs is 1. The average molecular weight is 406 g/mol. The normalized spacial score (nSPS) is 10.9. The van der Waals surface area contributed by atoms with Gasteiger partial charge in [-0.15, -0.1) is 0 Å². The zero-order chi connectivity index (χ0) is 20.5. The van der Waals surface area contributed by atoms with Crippen LogP contribution < -0.4 is 11.2 Å². The van der Waals surface area contributed by atoms with E-state index in [1.807, 2.05) is 6.07 Å². The van der Waals surface area contributed by atoms with Gasteiger partial charge < -0.3 is 4.57 Å². The Bertz CT molecular complexity index is 1390. The van der Waals surface area contributed by atoms with Gasteiger partial charge in [0.1, 0.15) is 0 Å². The molecule has 0 saturated carbocycles. The highest BCUT2D eigenvalue weighted by atomic mass is 35.5. The van der Waals surface area contributed by atoms with Gasteiger partial charge in [0.15, 0.2) is 11.2 Å². The molecule has 4 aromatic rings. The molecule has 0 aliphatic heterocycles. The smallest absolute Gasteiger partial charge is 0.320 e. The van der Waals surface area contributed by atoms with Crippen molar-refractivity contribution >= 4 is 22.8 Å². The second kappa shape index (κ2) is 7.41. The van der Waals surface area contributed by atoms with Gasteiger partial charge in [-0.1, -0.05) is 35.9 Å². The number of rotatable bonds is 4. The summed E-state index contributed by atoms with van der Waals surface area (Å²) in [6.45, 7) is 2.29. The third kappa shape index (κ3) is 3.13. The van der Waals surface area contributed by atoms with Gasteiger partial charge in [0.25, 0.3) is 5.56 Å². The molecule has 0 aliphatic carbocycles. The molecule has 0 radical (unpaired) electrons. The minimum absolute atomic E-state index is 0.215. The van der Waals surface area contributed by atoms with Gasteiger partial charge in [0, 0.05) is 13.1 Å². The monoisotopic (exact) mass is 405 g/mol. The minimum atomic E-state index is -0.491. The molecule has 0 atom stereocenters. The molecule has 7 nitrogen and oxygen atoms in total. The topological polar surface area (TPSA) is 85.6 Å². The quantitative estimate of drug-likeness (QED) is 0.522. The van der Waals surface area contributed by atoms with E-state index >= 15 is 0 Å². The Hall–Kier alpha value is -3.63. The molecule has 8 heteroatoms. The molecule has 0 spiro atoms. The predicted molar refractivity (Wildman–Crippen MR) is 111 cm³/mol. The molecule has 144 valence electrons. The van der Waals surface area contributed by atoms with Gasteiger partial charge in [0.05, 0.1) is 28.7 Å². The maximum atomic E-state index is 13.0. The van der Waals surface area contributed by atoms with Crippen LogP contribution in [0.4, 0.5) is 0 Å². The first-order valence-corrected chi connectivity index (χ1v) is 9.37. The molecule has 2 heterocycles. The Labute approximate surface area is 170 Å². The van der Waals surface area contributed by atoms with E-state index < -0.39 is 11.2 Å². The molecule has 29 heavy (non-hydrogen) atoms. The maximum Gasteiger partial charge on any atom is 0.337 e. The SMILES string of the molecule is CCn1c(=O)c2c(ncn2Cc2cccc(C#N)c2)n(-c2ccccc2Cl)c1=O. The molecule has 0 fully saturated rings. The Morgan fingerprint density at radius 2 is 1.93 bits per heavy atom. The van der Waals surface area contributed by atoms with Gasteiger partial charge in [-0.25, -0.2) is 14.3 Å². The predicted octanol–water partition coefficient (Wildman–Crippen LogP) is 2.94. The van der Waals surface area contributed by atoms with Crippen LogP contribution in [0, 0.1) is 11.3 Å². The van der Waals surface area contributed by atoms with Crippen LogP contribution in [0.5, 0.6) is 0 Å². The highest BCUT2D eigenvalue weighted by Gasteiger charge is 2.19. The summed E-state index contributed by atoms with van der Waals surface area (Å²) in [4.78, 5) is 30.4. The van der Waals surface area contributed by atoms with Crippen molar-refractivity contribution in [2.75, 3.05) is 0 Å². The van der Waals surface area contributed by atoms with Crippen molar-refractivity contribution in [3.63, 3.8) is 0 Å². The van der Waals surface area contributed by atoms with Gasteiger partial charge in [0.2, 0.25) is 0 Å².